The molecule has 50 heavy (non-hydrogen) atoms. The summed E-state index contributed by atoms with van der Waals surface area (Å²) in [5, 5.41) is 15.0. The lowest BCUT2D eigenvalue weighted by atomic mass is 9.86. The lowest BCUT2D eigenvalue weighted by Crippen LogP contribution is -2.46. The third-order valence-electron chi connectivity index (χ3n) is 9.18. The molecule has 0 unspecified atom stereocenters. The third kappa shape index (κ3) is 12.0. The van der Waals surface area contributed by atoms with Crippen LogP contribution in [0.1, 0.15) is 67.2 Å². The van der Waals surface area contributed by atoms with Crippen LogP contribution in [0.5, 0.6) is 5.75 Å². The molecule has 0 aliphatic carbocycles. The largest absolute Gasteiger partial charge is 0.508 e. The number of amides is 2. The normalized spacial score (nSPS) is 13.6. The molecule has 12 nitrogen and oxygen atoms in total. The van der Waals surface area contributed by atoms with E-state index < -0.39 is 35.7 Å². The highest BCUT2D eigenvalue weighted by Crippen LogP contribution is 2.26. The molecule has 0 spiro atoms. The van der Waals surface area contributed by atoms with E-state index in [0.29, 0.717) is 45.2 Å². The summed E-state index contributed by atoms with van der Waals surface area (Å²) in [6.45, 7) is 4.39. The summed E-state index contributed by atoms with van der Waals surface area (Å²) in [6.07, 6.45) is 2.45. The molecule has 12 heteroatoms. The third-order valence-corrected chi connectivity index (χ3v) is 9.18. The summed E-state index contributed by atoms with van der Waals surface area (Å²) < 4.78 is 0. The minimum absolute atomic E-state index is 0.0486. The van der Waals surface area contributed by atoms with Gasteiger partial charge in [0.1, 0.15) is 11.5 Å². The number of guanidine groups is 1. The van der Waals surface area contributed by atoms with Crippen molar-refractivity contribution in [3.63, 3.8) is 0 Å². The Kier molecular flexibility index (Phi) is 15.4. The number of phenols is 1. The van der Waals surface area contributed by atoms with Crippen molar-refractivity contribution in [2.24, 2.45) is 45.5 Å². The zero-order chi connectivity index (χ0) is 36.8. The fourth-order valence-corrected chi connectivity index (χ4v) is 6.36. The van der Waals surface area contributed by atoms with E-state index in [0.717, 1.165) is 33.0 Å². The van der Waals surface area contributed by atoms with E-state index in [-0.39, 0.29) is 49.0 Å². The molecule has 0 saturated carbocycles. The molecule has 0 aromatic heterocycles. The van der Waals surface area contributed by atoms with Crippen molar-refractivity contribution in [2.75, 3.05) is 13.1 Å². The molecule has 3 rings (SSSR count). The first-order chi connectivity index (χ1) is 23.8. The monoisotopic (exact) mass is 687 g/mol. The molecule has 0 radical (unpaired) electrons. The average Bonchev–Trinajstić information content (AvgIpc) is 3.06. The number of fused-ring (bicyclic) bond motifs is 1. The lowest BCUT2D eigenvalue weighted by molar-refractivity contribution is -0.133. The van der Waals surface area contributed by atoms with E-state index >= 15 is 0 Å². The number of phenolic OH excluding ortho intramolecular Hbond substituents is 1. The number of ketones is 2. The predicted molar refractivity (Wildman–Crippen MR) is 197 cm³/mol. The van der Waals surface area contributed by atoms with Crippen LogP contribution in [-0.4, -0.2) is 59.6 Å². The lowest BCUT2D eigenvalue weighted by Gasteiger charge is -2.25. The van der Waals surface area contributed by atoms with Gasteiger partial charge in [0.05, 0.1) is 12.1 Å². The summed E-state index contributed by atoms with van der Waals surface area (Å²) in [5.74, 6) is -3.31. The minimum Gasteiger partial charge on any atom is -0.508 e. The van der Waals surface area contributed by atoms with Gasteiger partial charge in [-0.05, 0) is 110 Å². The second kappa shape index (κ2) is 19.4. The number of nitrogens with zero attached hydrogens (tertiary/aromatic N) is 1. The van der Waals surface area contributed by atoms with Crippen LogP contribution in [-0.2, 0) is 32.0 Å². The number of hydrogen-bond donors (Lipinski definition) is 7. The van der Waals surface area contributed by atoms with Gasteiger partial charge in [-0.25, -0.2) is 0 Å². The van der Waals surface area contributed by atoms with Crippen LogP contribution < -0.4 is 34.0 Å². The smallest absolute Gasteiger partial charge is 0.224 e. The topological polar surface area (TPSA) is 243 Å². The maximum Gasteiger partial charge on any atom is 0.224 e. The second-order valence-electron chi connectivity index (χ2n) is 13.1. The zero-order valence-corrected chi connectivity index (χ0v) is 29.2. The van der Waals surface area contributed by atoms with E-state index in [1.165, 1.54) is 0 Å². The fourth-order valence-electron chi connectivity index (χ4n) is 6.36. The second-order valence-corrected chi connectivity index (χ2v) is 13.1. The Morgan fingerprint density at radius 1 is 0.820 bits per heavy atom. The molecule has 3 aromatic carbocycles. The summed E-state index contributed by atoms with van der Waals surface area (Å²) in [6, 6.07) is 15.1. The van der Waals surface area contributed by atoms with Crippen molar-refractivity contribution in [1.82, 2.24) is 5.32 Å². The van der Waals surface area contributed by atoms with E-state index in [1.54, 1.807) is 12.1 Å². The molecule has 270 valence electrons. The van der Waals surface area contributed by atoms with Gasteiger partial charge in [0.15, 0.2) is 11.7 Å². The number of nitrogens with two attached hydrogens (primary N) is 5. The highest BCUT2D eigenvalue weighted by molar-refractivity contribution is 5.95. The molecular weight excluding hydrogens is 634 g/mol. The average molecular weight is 688 g/mol. The molecule has 0 saturated heterocycles. The molecule has 12 N–H and O–H groups in total. The summed E-state index contributed by atoms with van der Waals surface area (Å²) in [7, 11) is 0. The number of nitrogens with one attached hydrogen (secondary N) is 1. The van der Waals surface area contributed by atoms with Gasteiger partial charge in [0.2, 0.25) is 11.8 Å². The number of aliphatic imine (C=N–C) groups is 1. The Bertz CT molecular complexity index is 1640. The number of aryl methyl sites for hydroxylation is 2. The van der Waals surface area contributed by atoms with Crippen molar-refractivity contribution in [3.8, 4) is 5.75 Å². The summed E-state index contributed by atoms with van der Waals surface area (Å²) >= 11 is 0. The van der Waals surface area contributed by atoms with Crippen LogP contribution in [0.2, 0.25) is 0 Å². The SMILES string of the molecule is Cc1cc(O)cc(C)c1C[C@H](CC(=O)[C@H](N)CCCN=C(N)N)C(=O)N[C@@H](CCCCN)C(=O)C[C@@H](Cc1cccc2ccccc12)C(N)=O. The van der Waals surface area contributed by atoms with Crippen LogP contribution in [0.3, 0.4) is 0 Å². The maximum absolute atomic E-state index is 14.1. The predicted octanol–water partition coefficient (Wildman–Crippen LogP) is 2.58. The van der Waals surface area contributed by atoms with Crippen molar-refractivity contribution in [1.29, 1.82) is 0 Å². The van der Waals surface area contributed by atoms with Gasteiger partial charge in [0, 0.05) is 31.2 Å². The highest BCUT2D eigenvalue weighted by atomic mass is 16.3. The van der Waals surface area contributed by atoms with E-state index in [1.807, 2.05) is 56.3 Å². The minimum atomic E-state index is -0.920. The Morgan fingerprint density at radius 2 is 1.48 bits per heavy atom. The molecule has 4 atom stereocenters. The number of carbonyl (C=O) groups is 4. The summed E-state index contributed by atoms with van der Waals surface area (Å²) in [5.41, 5.74) is 31.8. The molecule has 0 heterocycles. The van der Waals surface area contributed by atoms with Crippen LogP contribution in [0.15, 0.2) is 59.6 Å². The number of Topliss-reactive ketones (excluding diaryl/α,β-unsaturated/α-hetero) is 2. The fraction of sp³-hybridized carbons (Fsp3) is 0.447. The van der Waals surface area contributed by atoms with Gasteiger partial charge in [-0.15, -0.1) is 0 Å². The van der Waals surface area contributed by atoms with E-state index in [4.69, 9.17) is 28.7 Å². The standard InChI is InChI=1S/C38H53N7O5/c1-23-17-29(46)18-24(2)31(23)20-28(22-34(47)32(40)13-8-16-44-38(42)43)37(50)45-33(14-5-6-15-39)35(48)21-27(36(41)49)19-26-11-7-10-25-9-3-4-12-30(25)26/h3-4,7,9-12,17-18,27-28,32-33,46H,5-6,8,13-16,19-22,39-40H2,1-2H3,(H2,41,49)(H,45,50)(H4,42,43,44)/t27-,28-,32-,33+/m1/s1. The molecular formula is C38H53N7O5. The molecule has 3 aromatic rings. The van der Waals surface area contributed by atoms with Gasteiger partial charge >= 0.3 is 0 Å². The highest BCUT2D eigenvalue weighted by Gasteiger charge is 2.31. The van der Waals surface area contributed by atoms with Crippen LogP contribution in [0.25, 0.3) is 10.8 Å². The molecule has 0 aliphatic rings. The van der Waals surface area contributed by atoms with Crippen molar-refractivity contribution in [2.45, 2.75) is 83.7 Å². The Hall–Kier alpha value is -4.81. The molecule has 0 bridgehead atoms. The van der Waals surface area contributed by atoms with Crippen molar-refractivity contribution >= 4 is 40.1 Å². The number of aromatic hydroxyl groups is 1. The van der Waals surface area contributed by atoms with Crippen molar-refractivity contribution < 1.29 is 24.3 Å². The Morgan fingerprint density at radius 3 is 2.14 bits per heavy atom. The van der Waals surface area contributed by atoms with Gasteiger partial charge in [-0.2, -0.15) is 0 Å². The number of rotatable bonds is 21. The first-order valence-corrected chi connectivity index (χ1v) is 17.2. The molecule has 0 fully saturated rings. The summed E-state index contributed by atoms with van der Waals surface area (Å²) in [4.78, 5) is 57.9. The number of unbranched alkanes of at least 4 members (excludes halogenated alkanes) is 1. The Balaban J connectivity index is 1.85. The van der Waals surface area contributed by atoms with Crippen LogP contribution in [0.4, 0.5) is 0 Å². The Labute approximate surface area is 294 Å². The van der Waals surface area contributed by atoms with E-state index in [9.17, 15) is 24.3 Å². The van der Waals surface area contributed by atoms with Gasteiger partial charge in [-0.1, -0.05) is 42.5 Å². The molecule has 0 aliphatic heterocycles. The quantitative estimate of drug-likeness (QED) is 0.0494. The first-order valence-electron chi connectivity index (χ1n) is 17.2. The van der Waals surface area contributed by atoms with Gasteiger partial charge in [-0.3, -0.25) is 24.2 Å². The number of carbonyl (C=O) groups excluding carboxylic acids is 4. The van der Waals surface area contributed by atoms with Gasteiger partial charge < -0.3 is 39.1 Å². The molecule has 2 amide bonds. The zero-order valence-electron chi connectivity index (χ0n) is 29.2. The van der Waals surface area contributed by atoms with Gasteiger partial charge in [0.25, 0.3) is 0 Å². The number of benzene rings is 3. The first kappa shape index (κ1) is 39.6. The maximum atomic E-state index is 14.1. The van der Waals surface area contributed by atoms with E-state index in [2.05, 4.69) is 10.3 Å². The number of hydrogen-bond acceptors (Lipinski definition) is 8. The number of primary amides is 1. The van der Waals surface area contributed by atoms with Crippen molar-refractivity contribution in [3.05, 3.63) is 76.9 Å². The van der Waals surface area contributed by atoms with Crippen LogP contribution >= 0.6 is 0 Å². The van der Waals surface area contributed by atoms with Crippen LogP contribution in [0, 0.1) is 25.7 Å².